The number of ether oxygens (including phenoxy) is 1. The summed E-state index contributed by atoms with van der Waals surface area (Å²) >= 11 is 1.64. The third-order valence-corrected chi connectivity index (χ3v) is 4.25. The van der Waals surface area contributed by atoms with Crippen molar-refractivity contribution >= 4 is 11.3 Å². The van der Waals surface area contributed by atoms with Crippen LogP contribution in [-0.4, -0.2) is 24.7 Å². The Bertz CT molecular complexity index is 347. The van der Waals surface area contributed by atoms with Gasteiger partial charge in [0.05, 0.1) is 5.69 Å². The summed E-state index contributed by atoms with van der Waals surface area (Å²) in [5.74, 6) is 0. The van der Waals surface area contributed by atoms with Gasteiger partial charge in [0.15, 0.2) is 0 Å². The zero-order valence-electron chi connectivity index (χ0n) is 10.4. The van der Waals surface area contributed by atoms with E-state index in [1.54, 1.807) is 11.3 Å². The van der Waals surface area contributed by atoms with E-state index in [-0.39, 0.29) is 0 Å². The van der Waals surface area contributed by atoms with Gasteiger partial charge >= 0.3 is 0 Å². The third-order valence-electron chi connectivity index (χ3n) is 3.33. The van der Waals surface area contributed by atoms with Crippen LogP contribution in [0.2, 0.25) is 0 Å². The van der Waals surface area contributed by atoms with Gasteiger partial charge in [-0.2, -0.15) is 0 Å². The molecule has 0 atom stereocenters. The summed E-state index contributed by atoms with van der Waals surface area (Å²) in [6.07, 6.45) is 2.29. The van der Waals surface area contributed by atoms with Crippen molar-refractivity contribution in [1.29, 1.82) is 0 Å². The van der Waals surface area contributed by atoms with Crippen LogP contribution in [0, 0.1) is 5.41 Å². The summed E-state index contributed by atoms with van der Waals surface area (Å²) in [4.78, 5) is 4.44. The molecule has 0 amide bonds. The maximum atomic E-state index is 5.54. The Morgan fingerprint density at radius 2 is 2.29 bits per heavy atom. The quantitative estimate of drug-likeness (QED) is 0.837. The lowest BCUT2D eigenvalue weighted by Crippen LogP contribution is -2.36. The van der Waals surface area contributed by atoms with Gasteiger partial charge in [0.1, 0.15) is 5.01 Å². The normalized spacial score (nSPS) is 19.4. The molecule has 1 saturated heterocycles. The predicted molar refractivity (Wildman–Crippen MR) is 69.9 cm³/mol. The molecule has 0 aromatic carbocycles. The highest BCUT2D eigenvalue weighted by Crippen LogP contribution is 2.28. The van der Waals surface area contributed by atoms with Gasteiger partial charge in [-0.25, -0.2) is 4.98 Å². The van der Waals surface area contributed by atoms with Crippen molar-refractivity contribution in [3.63, 3.8) is 0 Å². The number of nitrogens with zero attached hydrogens (tertiary/aromatic N) is 1. The van der Waals surface area contributed by atoms with E-state index in [0.717, 1.165) is 49.8 Å². The number of hydrogen-bond acceptors (Lipinski definition) is 5. The lowest BCUT2D eigenvalue weighted by atomic mass is 9.82. The highest BCUT2D eigenvalue weighted by molar-refractivity contribution is 7.09. The Balaban J connectivity index is 1.74. The van der Waals surface area contributed by atoms with Gasteiger partial charge in [-0.15, -0.1) is 11.3 Å². The molecule has 17 heavy (non-hydrogen) atoms. The summed E-state index contributed by atoms with van der Waals surface area (Å²) in [6, 6.07) is 0. The zero-order chi connectivity index (χ0) is 12.1. The van der Waals surface area contributed by atoms with E-state index in [4.69, 9.17) is 10.5 Å². The predicted octanol–water partition coefficient (Wildman–Crippen LogP) is 1.51. The van der Waals surface area contributed by atoms with Crippen molar-refractivity contribution in [2.45, 2.75) is 32.9 Å². The summed E-state index contributed by atoms with van der Waals surface area (Å²) in [6.45, 7) is 6.53. The third kappa shape index (κ3) is 3.74. The molecule has 0 unspecified atom stereocenters. The highest BCUT2D eigenvalue weighted by atomic mass is 32.1. The molecule has 1 aromatic rings. The minimum absolute atomic E-state index is 0.380. The lowest BCUT2D eigenvalue weighted by Gasteiger charge is -2.33. The minimum atomic E-state index is 0.380. The summed E-state index contributed by atoms with van der Waals surface area (Å²) in [5, 5.41) is 6.59. The average molecular weight is 255 g/mol. The molecule has 1 aromatic heterocycles. The van der Waals surface area contributed by atoms with Gasteiger partial charge < -0.3 is 15.8 Å². The van der Waals surface area contributed by atoms with Crippen LogP contribution in [-0.2, 0) is 17.8 Å². The SMILES string of the molecule is CC1(CNCc2csc(CN)n2)CCOCC1. The molecule has 0 saturated carbocycles. The van der Waals surface area contributed by atoms with E-state index in [9.17, 15) is 0 Å². The second-order valence-electron chi connectivity index (χ2n) is 4.96. The maximum Gasteiger partial charge on any atom is 0.106 e. The summed E-state index contributed by atoms with van der Waals surface area (Å²) < 4.78 is 5.40. The highest BCUT2D eigenvalue weighted by Gasteiger charge is 2.26. The monoisotopic (exact) mass is 255 g/mol. The van der Waals surface area contributed by atoms with Gasteiger partial charge in [-0.05, 0) is 18.3 Å². The molecule has 1 fully saturated rings. The Morgan fingerprint density at radius 1 is 1.53 bits per heavy atom. The topological polar surface area (TPSA) is 60.2 Å². The van der Waals surface area contributed by atoms with Crippen molar-refractivity contribution < 1.29 is 4.74 Å². The molecule has 5 heteroatoms. The summed E-state index contributed by atoms with van der Waals surface area (Å²) in [5.41, 5.74) is 7.03. The fourth-order valence-electron chi connectivity index (χ4n) is 2.06. The molecular weight excluding hydrogens is 234 g/mol. The maximum absolute atomic E-state index is 5.54. The first-order valence-corrected chi connectivity index (χ1v) is 7.02. The number of hydrogen-bond donors (Lipinski definition) is 2. The van der Waals surface area contributed by atoms with Crippen molar-refractivity contribution in [3.8, 4) is 0 Å². The van der Waals surface area contributed by atoms with Gasteiger partial charge in [0, 0.05) is 38.2 Å². The summed E-state index contributed by atoms with van der Waals surface area (Å²) in [7, 11) is 0. The molecule has 1 aliphatic heterocycles. The Hall–Kier alpha value is -0.490. The minimum Gasteiger partial charge on any atom is -0.381 e. The fourth-order valence-corrected chi connectivity index (χ4v) is 2.73. The van der Waals surface area contributed by atoms with Crippen LogP contribution in [0.1, 0.15) is 30.5 Å². The standard InChI is InChI=1S/C12H21N3OS/c1-12(2-4-16-5-3-12)9-14-7-10-8-17-11(6-13)15-10/h8,14H,2-7,9,13H2,1H3. The number of aromatic nitrogens is 1. The molecule has 3 N–H and O–H groups in total. The molecule has 0 radical (unpaired) electrons. The fraction of sp³-hybridized carbons (Fsp3) is 0.750. The van der Waals surface area contributed by atoms with E-state index in [2.05, 4.69) is 22.6 Å². The first-order chi connectivity index (χ1) is 8.22. The van der Waals surface area contributed by atoms with Gasteiger partial charge in [-0.3, -0.25) is 0 Å². The van der Waals surface area contributed by atoms with E-state index < -0.39 is 0 Å². The van der Waals surface area contributed by atoms with Gasteiger partial charge in [0.2, 0.25) is 0 Å². The van der Waals surface area contributed by atoms with Crippen LogP contribution >= 0.6 is 11.3 Å². The van der Waals surface area contributed by atoms with Crippen molar-refractivity contribution in [2.75, 3.05) is 19.8 Å². The number of rotatable bonds is 5. The van der Waals surface area contributed by atoms with Crippen LogP contribution in [0.5, 0.6) is 0 Å². The lowest BCUT2D eigenvalue weighted by molar-refractivity contribution is 0.0240. The van der Waals surface area contributed by atoms with Crippen LogP contribution in [0.25, 0.3) is 0 Å². The Morgan fingerprint density at radius 3 is 2.94 bits per heavy atom. The molecule has 96 valence electrons. The molecule has 2 rings (SSSR count). The largest absolute Gasteiger partial charge is 0.381 e. The first kappa shape index (κ1) is 13.0. The van der Waals surface area contributed by atoms with Crippen molar-refractivity contribution in [1.82, 2.24) is 10.3 Å². The number of nitrogens with two attached hydrogens (primary N) is 1. The average Bonchev–Trinajstić information content (AvgIpc) is 2.78. The van der Waals surface area contributed by atoms with E-state index in [1.807, 2.05) is 0 Å². The van der Waals surface area contributed by atoms with Gasteiger partial charge in [0.25, 0.3) is 0 Å². The zero-order valence-corrected chi connectivity index (χ0v) is 11.2. The molecule has 2 heterocycles. The molecule has 4 nitrogen and oxygen atoms in total. The van der Waals surface area contributed by atoms with Crippen LogP contribution in [0.4, 0.5) is 0 Å². The molecular formula is C12H21N3OS. The van der Waals surface area contributed by atoms with Gasteiger partial charge in [-0.1, -0.05) is 6.92 Å². The second kappa shape index (κ2) is 5.91. The second-order valence-corrected chi connectivity index (χ2v) is 5.91. The van der Waals surface area contributed by atoms with Crippen LogP contribution in [0.15, 0.2) is 5.38 Å². The van der Waals surface area contributed by atoms with Crippen molar-refractivity contribution in [3.05, 3.63) is 16.1 Å². The molecule has 1 aliphatic rings. The first-order valence-electron chi connectivity index (χ1n) is 6.14. The Labute approximate surface area is 107 Å². The van der Waals surface area contributed by atoms with Crippen molar-refractivity contribution in [2.24, 2.45) is 11.1 Å². The van der Waals surface area contributed by atoms with Crippen LogP contribution < -0.4 is 11.1 Å². The molecule has 0 bridgehead atoms. The Kier molecular flexibility index (Phi) is 4.50. The van der Waals surface area contributed by atoms with E-state index >= 15 is 0 Å². The number of nitrogens with one attached hydrogen (secondary N) is 1. The molecule has 0 spiro atoms. The van der Waals surface area contributed by atoms with E-state index in [1.165, 1.54) is 0 Å². The number of thiazole rings is 1. The smallest absolute Gasteiger partial charge is 0.106 e. The van der Waals surface area contributed by atoms with E-state index in [0.29, 0.717) is 12.0 Å². The molecule has 0 aliphatic carbocycles. The van der Waals surface area contributed by atoms with Crippen LogP contribution in [0.3, 0.4) is 0 Å².